The molecule has 9 nitrogen and oxygen atoms in total. The third-order valence-corrected chi connectivity index (χ3v) is 4.79. The topological polar surface area (TPSA) is 110 Å². The van der Waals surface area contributed by atoms with E-state index in [-0.39, 0.29) is 39.2 Å². The van der Waals surface area contributed by atoms with Gasteiger partial charge in [-0.15, -0.1) is 0 Å². The minimum atomic E-state index is -0.585. The molecule has 154 valence electrons. The number of anilines is 1. The van der Waals surface area contributed by atoms with E-state index in [9.17, 15) is 19.7 Å². The Morgan fingerprint density at radius 3 is 2.53 bits per heavy atom. The Morgan fingerprint density at radius 2 is 1.93 bits per heavy atom. The van der Waals surface area contributed by atoms with Gasteiger partial charge in [-0.25, -0.2) is 4.98 Å². The maximum atomic E-state index is 12.7. The lowest BCUT2D eigenvalue weighted by molar-refractivity contribution is -0.384. The van der Waals surface area contributed by atoms with Gasteiger partial charge in [0.15, 0.2) is 0 Å². The molecule has 0 saturated heterocycles. The van der Waals surface area contributed by atoms with Gasteiger partial charge in [-0.05, 0) is 24.3 Å². The van der Waals surface area contributed by atoms with E-state index >= 15 is 0 Å². The molecule has 1 aromatic heterocycles. The molecule has 30 heavy (non-hydrogen) atoms. The third-order valence-electron chi connectivity index (χ3n) is 4.16. The summed E-state index contributed by atoms with van der Waals surface area (Å²) in [5.41, 5.74) is 0.311. The minimum Gasteiger partial charge on any atom is -0.332 e. The van der Waals surface area contributed by atoms with Gasteiger partial charge in [0.2, 0.25) is 5.91 Å². The zero-order valence-corrected chi connectivity index (χ0v) is 17.1. The number of nitro groups is 1. The van der Waals surface area contributed by atoms with Crippen molar-refractivity contribution >= 4 is 46.4 Å². The summed E-state index contributed by atoms with van der Waals surface area (Å²) in [5, 5.41) is 14.5. The fraction of sp³-hybridized carbons (Fsp3) is 0.105. The minimum absolute atomic E-state index is 0.0663. The first-order valence-corrected chi connectivity index (χ1v) is 9.29. The first-order valence-electron chi connectivity index (χ1n) is 8.54. The van der Waals surface area contributed by atoms with Crippen LogP contribution < -0.4 is 5.32 Å². The Balaban J connectivity index is 1.76. The van der Waals surface area contributed by atoms with Crippen molar-refractivity contribution in [3.05, 3.63) is 80.8 Å². The van der Waals surface area contributed by atoms with Gasteiger partial charge in [0.25, 0.3) is 11.6 Å². The van der Waals surface area contributed by atoms with Crippen molar-refractivity contribution in [3.63, 3.8) is 0 Å². The molecule has 1 heterocycles. The first kappa shape index (κ1) is 21.3. The van der Waals surface area contributed by atoms with Crippen LogP contribution in [0.3, 0.4) is 0 Å². The number of rotatable bonds is 6. The number of hydrogen-bond acceptors (Lipinski definition) is 5. The van der Waals surface area contributed by atoms with Crippen molar-refractivity contribution in [2.24, 2.45) is 0 Å². The van der Waals surface area contributed by atoms with E-state index in [2.05, 4.69) is 10.3 Å². The summed E-state index contributed by atoms with van der Waals surface area (Å²) in [6, 6.07) is 8.83. The largest absolute Gasteiger partial charge is 0.332 e. The molecule has 0 atom stereocenters. The average Bonchev–Trinajstić information content (AvgIpc) is 3.24. The highest BCUT2D eigenvalue weighted by molar-refractivity contribution is 6.39. The molecular weight excluding hydrogens is 433 g/mol. The zero-order chi connectivity index (χ0) is 21.8. The molecule has 3 rings (SSSR count). The van der Waals surface area contributed by atoms with Gasteiger partial charge in [-0.2, -0.15) is 0 Å². The van der Waals surface area contributed by atoms with Crippen LogP contribution in [0, 0.1) is 10.1 Å². The second kappa shape index (κ2) is 8.93. The van der Waals surface area contributed by atoms with E-state index in [0.717, 1.165) is 11.0 Å². The lowest BCUT2D eigenvalue weighted by Crippen LogP contribution is -2.35. The number of hydrogen-bond donors (Lipinski definition) is 1. The Bertz CT molecular complexity index is 1100. The van der Waals surface area contributed by atoms with Gasteiger partial charge in [-0.3, -0.25) is 19.7 Å². The number of nitrogens with zero attached hydrogens (tertiary/aromatic N) is 4. The molecule has 0 radical (unpaired) electrons. The molecule has 0 aliphatic carbocycles. The maximum absolute atomic E-state index is 12.7. The number of nitrogens with one attached hydrogen (secondary N) is 1. The van der Waals surface area contributed by atoms with E-state index in [4.69, 9.17) is 23.2 Å². The van der Waals surface area contributed by atoms with Crippen LogP contribution in [0.4, 0.5) is 11.4 Å². The highest BCUT2D eigenvalue weighted by atomic mass is 35.5. The van der Waals surface area contributed by atoms with Crippen LogP contribution in [0.1, 0.15) is 10.4 Å². The van der Waals surface area contributed by atoms with Crippen LogP contribution in [0.15, 0.2) is 55.1 Å². The van der Waals surface area contributed by atoms with Gasteiger partial charge in [0.05, 0.1) is 33.5 Å². The number of likely N-dealkylation sites (N-methyl/N-ethyl adjacent to an activating group) is 1. The lowest BCUT2D eigenvalue weighted by Gasteiger charge is -2.18. The second-order valence-electron chi connectivity index (χ2n) is 6.24. The Hall–Kier alpha value is -3.43. The van der Waals surface area contributed by atoms with Gasteiger partial charge in [0, 0.05) is 31.1 Å². The van der Waals surface area contributed by atoms with Crippen molar-refractivity contribution in [2.45, 2.75) is 0 Å². The van der Waals surface area contributed by atoms with Gasteiger partial charge < -0.3 is 14.8 Å². The van der Waals surface area contributed by atoms with E-state index < -0.39 is 16.7 Å². The van der Waals surface area contributed by atoms with E-state index in [0.29, 0.717) is 0 Å². The van der Waals surface area contributed by atoms with Crippen molar-refractivity contribution in [3.8, 4) is 5.69 Å². The fourth-order valence-corrected chi connectivity index (χ4v) is 3.22. The predicted molar refractivity (Wildman–Crippen MR) is 112 cm³/mol. The van der Waals surface area contributed by atoms with Crippen molar-refractivity contribution in [1.29, 1.82) is 0 Å². The third kappa shape index (κ3) is 4.58. The second-order valence-corrected chi connectivity index (χ2v) is 7.05. The Morgan fingerprint density at radius 1 is 1.23 bits per heavy atom. The molecule has 0 bridgehead atoms. The summed E-state index contributed by atoms with van der Waals surface area (Å²) < 4.78 is 1.47. The molecule has 0 spiro atoms. The molecule has 11 heteroatoms. The number of halogens is 2. The van der Waals surface area contributed by atoms with Gasteiger partial charge >= 0.3 is 0 Å². The van der Waals surface area contributed by atoms with Gasteiger partial charge in [0.1, 0.15) is 5.69 Å². The van der Waals surface area contributed by atoms with E-state index in [1.54, 1.807) is 24.4 Å². The lowest BCUT2D eigenvalue weighted by atomic mass is 10.1. The van der Waals surface area contributed by atoms with Crippen LogP contribution >= 0.6 is 23.2 Å². The smallest absolute Gasteiger partial charge is 0.294 e. The summed E-state index contributed by atoms with van der Waals surface area (Å²) in [4.78, 5) is 40.9. The number of nitro benzene ring substituents is 1. The number of carbonyl (C=O) groups excluding carboxylic acids is 2. The van der Waals surface area contributed by atoms with Crippen LogP contribution in [0.5, 0.6) is 0 Å². The standard InChI is InChI=1S/C19H15Cl2N5O4/c1-24(10-17(27)23-18-13(20)3-2-4-14(18)21)19(28)12-5-6-15(16(9-12)26(29)30)25-8-7-22-11-25/h2-9,11H,10H2,1H3,(H,23,27). The molecule has 2 aromatic carbocycles. The van der Waals surface area contributed by atoms with Crippen molar-refractivity contribution < 1.29 is 14.5 Å². The molecule has 2 amide bonds. The average molecular weight is 448 g/mol. The maximum Gasteiger partial charge on any atom is 0.294 e. The normalized spacial score (nSPS) is 10.5. The molecule has 0 saturated carbocycles. The number of carbonyl (C=O) groups is 2. The highest BCUT2D eigenvalue weighted by Crippen LogP contribution is 2.30. The summed E-state index contributed by atoms with van der Waals surface area (Å²) in [7, 11) is 1.41. The number of aromatic nitrogens is 2. The molecular formula is C19H15Cl2N5O4. The van der Waals surface area contributed by atoms with Crippen LogP contribution in [0.2, 0.25) is 10.0 Å². The Kier molecular flexibility index (Phi) is 6.34. The molecule has 0 aliphatic rings. The molecule has 3 aromatic rings. The number of imidazole rings is 1. The summed E-state index contributed by atoms with van der Waals surface area (Å²) >= 11 is 12.0. The van der Waals surface area contributed by atoms with E-state index in [1.807, 2.05) is 0 Å². The number of para-hydroxylation sites is 1. The SMILES string of the molecule is CN(CC(=O)Nc1c(Cl)cccc1Cl)C(=O)c1ccc(-n2ccnc2)c([N+](=O)[O-])c1. The summed E-state index contributed by atoms with van der Waals surface area (Å²) in [6.45, 7) is -0.308. The van der Waals surface area contributed by atoms with Gasteiger partial charge in [-0.1, -0.05) is 29.3 Å². The van der Waals surface area contributed by atoms with Crippen LogP contribution in [0.25, 0.3) is 5.69 Å². The number of benzene rings is 2. The quantitative estimate of drug-likeness (QED) is 0.456. The molecule has 0 fully saturated rings. The molecule has 1 N–H and O–H groups in total. The Labute approximate surface area is 181 Å². The van der Waals surface area contributed by atoms with Crippen LogP contribution in [-0.2, 0) is 4.79 Å². The van der Waals surface area contributed by atoms with Crippen molar-refractivity contribution in [1.82, 2.24) is 14.5 Å². The summed E-state index contributed by atoms with van der Waals surface area (Å²) in [6.07, 6.45) is 4.46. The van der Waals surface area contributed by atoms with E-state index in [1.165, 1.54) is 36.3 Å². The highest BCUT2D eigenvalue weighted by Gasteiger charge is 2.22. The number of amides is 2. The fourth-order valence-electron chi connectivity index (χ4n) is 2.73. The van der Waals surface area contributed by atoms with Crippen LogP contribution in [-0.4, -0.2) is 44.8 Å². The van der Waals surface area contributed by atoms with Crippen molar-refractivity contribution in [2.75, 3.05) is 18.9 Å². The predicted octanol–water partition coefficient (Wildman–Crippen LogP) is 3.80. The molecule has 0 aliphatic heterocycles. The first-order chi connectivity index (χ1) is 14.3. The zero-order valence-electron chi connectivity index (χ0n) is 15.6. The molecule has 0 unspecified atom stereocenters. The monoisotopic (exact) mass is 447 g/mol. The summed E-state index contributed by atoms with van der Waals surface area (Å²) in [5.74, 6) is -1.08.